The number of aromatic nitrogens is 2. The molecular formula is C12H10F2N2OS. The van der Waals surface area contributed by atoms with Crippen LogP contribution in [0.5, 0.6) is 0 Å². The van der Waals surface area contributed by atoms with E-state index in [1.54, 1.807) is 14.0 Å². The first-order valence-corrected chi connectivity index (χ1v) is 5.96. The summed E-state index contributed by atoms with van der Waals surface area (Å²) in [6, 6.07) is 3.33. The molecular weight excluding hydrogens is 258 g/mol. The van der Waals surface area contributed by atoms with Gasteiger partial charge in [-0.3, -0.25) is 9.48 Å². The Labute approximate surface area is 107 Å². The van der Waals surface area contributed by atoms with Gasteiger partial charge >= 0.3 is 0 Å². The van der Waals surface area contributed by atoms with Gasteiger partial charge in [0.2, 0.25) is 0 Å². The average Bonchev–Trinajstić information content (AvgIpc) is 2.57. The molecule has 3 nitrogen and oxygen atoms in total. The second-order valence-electron chi connectivity index (χ2n) is 3.72. The summed E-state index contributed by atoms with van der Waals surface area (Å²) in [4.78, 5) is 11.2. The van der Waals surface area contributed by atoms with Gasteiger partial charge in [0.25, 0.3) is 0 Å². The molecule has 18 heavy (non-hydrogen) atoms. The number of aldehydes is 1. The number of nitrogens with zero attached hydrogens (tertiary/aromatic N) is 2. The molecule has 0 spiro atoms. The number of benzene rings is 1. The molecule has 0 aliphatic rings. The highest BCUT2D eigenvalue weighted by Gasteiger charge is 2.15. The van der Waals surface area contributed by atoms with Gasteiger partial charge in [-0.15, -0.1) is 0 Å². The number of halogens is 2. The largest absolute Gasteiger partial charge is 0.298 e. The fraction of sp³-hybridized carbons (Fsp3) is 0.167. The van der Waals surface area contributed by atoms with E-state index in [0.29, 0.717) is 22.6 Å². The van der Waals surface area contributed by atoms with Crippen molar-refractivity contribution in [2.75, 3.05) is 0 Å². The molecule has 0 atom stereocenters. The molecule has 1 aromatic carbocycles. The summed E-state index contributed by atoms with van der Waals surface area (Å²) in [5, 5.41) is 4.63. The summed E-state index contributed by atoms with van der Waals surface area (Å²) in [5.41, 5.74) is 1.00. The standard InChI is InChI=1S/C12H10F2N2OS/c1-7-9(6-17)12(16(2)15-7)18-11-4-3-8(13)5-10(11)14/h3-6H,1-2H3. The van der Waals surface area contributed by atoms with Crippen molar-refractivity contribution >= 4 is 18.0 Å². The SMILES string of the molecule is Cc1nn(C)c(Sc2ccc(F)cc2F)c1C=O. The molecule has 6 heteroatoms. The third-order valence-electron chi connectivity index (χ3n) is 2.43. The van der Waals surface area contributed by atoms with E-state index < -0.39 is 11.6 Å². The predicted molar refractivity (Wildman–Crippen MR) is 63.8 cm³/mol. The molecule has 0 unspecified atom stereocenters. The summed E-state index contributed by atoms with van der Waals surface area (Å²) >= 11 is 1.05. The molecule has 0 saturated carbocycles. The van der Waals surface area contributed by atoms with Gasteiger partial charge in [-0.1, -0.05) is 11.8 Å². The van der Waals surface area contributed by atoms with E-state index in [2.05, 4.69) is 5.10 Å². The van der Waals surface area contributed by atoms with Crippen LogP contribution in [0.3, 0.4) is 0 Å². The molecule has 1 heterocycles. The van der Waals surface area contributed by atoms with Crippen molar-refractivity contribution in [3.63, 3.8) is 0 Å². The highest BCUT2D eigenvalue weighted by atomic mass is 32.2. The summed E-state index contributed by atoms with van der Waals surface area (Å²) in [7, 11) is 1.67. The van der Waals surface area contributed by atoms with Crippen molar-refractivity contribution in [1.29, 1.82) is 0 Å². The normalized spacial score (nSPS) is 10.7. The maximum Gasteiger partial charge on any atom is 0.154 e. The van der Waals surface area contributed by atoms with Gasteiger partial charge < -0.3 is 0 Å². The first-order chi connectivity index (χ1) is 8.52. The second-order valence-corrected chi connectivity index (χ2v) is 4.75. The zero-order valence-electron chi connectivity index (χ0n) is 9.78. The van der Waals surface area contributed by atoms with Crippen molar-refractivity contribution in [3.8, 4) is 0 Å². The van der Waals surface area contributed by atoms with Crippen LogP contribution in [-0.4, -0.2) is 16.1 Å². The Kier molecular flexibility index (Phi) is 3.47. The summed E-state index contributed by atoms with van der Waals surface area (Å²) in [5.74, 6) is -1.29. The quantitative estimate of drug-likeness (QED) is 0.803. The van der Waals surface area contributed by atoms with Crippen molar-refractivity contribution in [1.82, 2.24) is 9.78 Å². The van der Waals surface area contributed by atoms with Crippen molar-refractivity contribution in [2.24, 2.45) is 7.05 Å². The van der Waals surface area contributed by atoms with Crippen LogP contribution in [0, 0.1) is 18.6 Å². The third-order valence-corrected chi connectivity index (χ3v) is 3.66. The molecule has 0 fully saturated rings. The summed E-state index contributed by atoms with van der Waals surface area (Å²) < 4.78 is 27.8. The highest BCUT2D eigenvalue weighted by molar-refractivity contribution is 7.99. The summed E-state index contributed by atoms with van der Waals surface area (Å²) in [6.45, 7) is 1.70. The molecule has 0 N–H and O–H groups in total. The van der Waals surface area contributed by atoms with Crippen LogP contribution in [0.25, 0.3) is 0 Å². The zero-order valence-corrected chi connectivity index (χ0v) is 10.6. The Hall–Kier alpha value is -1.69. The van der Waals surface area contributed by atoms with E-state index in [0.717, 1.165) is 17.8 Å². The Bertz CT molecular complexity index is 610. The van der Waals surface area contributed by atoms with E-state index in [1.807, 2.05) is 0 Å². The van der Waals surface area contributed by atoms with Gasteiger partial charge in [0.05, 0.1) is 11.3 Å². The lowest BCUT2D eigenvalue weighted by molar-refractivity contribution is 0.112. The number of carbonyl (C=O) groups excluding carboxylic acids is 1. The molecule has 1 aromatic heterocycles. The minimum absolute atomic E-state index is 0.252. The van der Waals surface area contributed by atoms with Gasteiger partial charge in [-0.25, -0.2) is 8.78 Å². The predicted octanol–water partition coefficient (Wildman–Crippen LogP) is 2.97. The Morgan fingerprint density at radius 2 is 2.11 bits per heavy atom. The van der Waals surface area contributed by atoms with Gasteiger partial charge in [0.1, 0.15) is 16.7 Å². The molecule has 2 aromatic rings. The molecule has 0 aliphatic carbocycles. The van der Waals surface area contributed by atoms with Gasteiger partial charge in [-0.2, -0.15) is 5.10 Å². The molecule has 2 rings (SSSR count). The van der Waals surface area contributed by atoms with Gasteiger partial charge in [-0.05, 0) is 19.1 Å². The zero-order chi connectivity index (χ0) is 13.3. The number of rotatable bonds is 3. The van der Waals surface area contributed by atoms with E-state index in [-0.39, 0.29) is 4.90 Å². The van der Waals surface area contributed by atoms with Crippen LogP contribution in [0.15, 0.2) is 28.1 Å². The smallest absolute Gasteiger partial charge is 0.154 e. The maximum atomic E-state index is 13.5. The lowest BCUT2D eigenvalue weighted by atomic mass is 10.3. The minimum atomic E-state index is -0.657. The Balaban J connectivity index is 2.42. The Morgan fingerprint density at radius 1 is 1.39 bits per heavy atom. The minimum Gasteiger partial charge on any atom is -0.298 e. The van der Waals surface area contributed by atoms with Crippen molar-refractivity contribution in [2.45, 2.75) is 16.8 Å². The number of aryl methyl sites for hydroxylation is 2. The van der Waals surface area contributed by atoms with Crippen LogP contribution in [0.4, 0.5) is 8.78 Å². The third kappa shape index (κ3) is 2.28. The van der Waals surface area contributed by atoms with Crippen LogP contribution < -0.4 is 0 Å². The first kappa shape index (κ1) is 12.8. The lowest BCUT2D eigenvalue weighted by Gasteiger charge is -2.04. The van der Waals surface area contributed by atoms with E-state index >= 15 is 0 Å². The maximum absolute atomic E-state index is 13.5. The molecule has 94 valence electrons. The molecule has 0 amide bonds. The monoisotopic (exact) mass is 268 g/mol. The fourth-order valence-electron chi connectivity index (χ4n) is 1.57. The average molecular weight is 268 g/mol. The van der Waals surface area contributed by atoms with Gasteiger partial charge in [0.15, 0.2) is 6.29 Å². The topological polar surface area (TPSA) is 34.9 Å². The van der Waals surface area contributed by atoms with E-state index in [1.165, 1.54) is 16.8 Å². The van der Waals surface area contributed by atoms with Crippen LogP contribution in [-0.2, 0) is 7.05 Å². The van der Waals surface area contributed by atoms with Crippen molar-refractivity contribution in [3.05, 3.63) is 41.1 Å². The van der Waals surface area contributed by atoms with Crippen LogP contribution in [0.1, 0.15) is 16.1 Å². The Morgan fingerprint density at radius 3 is 2.72 bits per heavy atom. The van der Waals surface area contributed by atoms with Crippen LogP contribution in [0.2, 0.25) is 0 Å². The summed E-state index contributed by atoms with van der Waals surface area (Å²) in [6.07, 6.45) is 0.687. The number of hydrogen-bond acceptors (Lipinski definition) is 3. The van der Waals surface area contributed by atoms with Crippen LogP contribution >= 0.6 is 11.8 Å². The van der Waals surface area contributed by atoms with Crippen molar-refractivity contribution < 1.29 is 13.6 Å². The number of hydrogen-bond donors (Lipinski definition) is 0. The van der Waals surface area contributed by atoms with Gasteiger partial charge in [0, 0.05) is 18.0 Å². The van der Waals surface area contributed by atoms with E-state index in [4.69, 9.17) is 0 Å². The second kappa shape index (κ2) is 4.89. The first-order valence-electron chi connectivity index (χ1n) is 5.14. The molecule has 0 saturated heterocycles. The lowest BCUT2D eigenvalue weighted by Crippen LogP contribution is -1.94. The highest BCUT2D eigenvalue weighted by Crippen LogP contribution is 2.32. The van der Waals surface area contributed by atoms with E-state index in [9.17, 15) is 13.6 Å². The molecule has 0 bridgehead atoms. The molecule has 0 radical (unpaired) electrons. The fourth-order valence-corrected chi connectivity index (χ4v) is 2.55. The number of carbonyl (C=O) groups is 1. The molecule has 0 aliphatic heterocycles.